The van der Waals surface area contributed by atoms with Gasteiger partial charge in [-0.1, -0.05) is 17.7 Å². The Hall–Kier alpha value is -1.88. The van der Waals surface area contributed by atoms with Crippen LogP contribution >= 0.6 is 0 Å². The lowest BCUT2D eigenvalue weighted by molar-refractivity contribution is -0.130. The molecule has 1 aromatic rings. The number of ether oxygens (including phenoxy) is 2. The average Bonchev–Trinajstić information content (AvgIpc) is 2.63. The molecule has 1 atom stereocenters. The first-order valence-electron chi connectivity index (χ1n) is 9.74. The van der Waals surface area contributed by atoms with Crippen LogP contribution in [0.2, 0.25) is 0 Å². The Bertz CT molecular complexity index is 698. The number of aryl methyl sites for hydroxylation is 1. The summed E-state index contributed by atoms with van der Waals surface area (Å²) in [5.41, 5.74) is 1.99. The number of benzene rings is 1. The monoisotopic (exact) mass is 357 g/mol. The molecule has 0 bridgehead atoms. The number of hydrogen-bond donors (Lipinski definition) is 1. The van der Waals surface area contributed by atoms with E-state index in [0.29, 0.717) is 38.9 Å². The number of amides is 1. The first kappa shape index (κ1) is 17.5. The highest BCUT2D eigenvalue weighted by Gasteiger charge is 2.43. The lowest BCUT2D eigenvalue weighted by atomic mass is 9.81. The third-order valence-electron chi connectivity index (χ3n) is 6.08. The molecule has 26 heavy (non-hydrogen) atoms. The number of carbonyl (C=O) groups is 2. The van der Waals surface area contributed by atoms with E-state index < -0.39 is 0 Å². The van der Waals surface area contributed by atoms with Gasteiger partial charge in [0.15, 0.2) is 0 Å². The van der Waals surface area contributed by atoms with E-state index in [1.165, 1.54) is 0 Å². The van der Waals surface area contributed by atoms with Gasteiger partial charge in [-0.15, -0.1) is 0 Å². The number of Topliss-reactive ketones (excluding diaryl/α,β-unsaturated/α-hetero) is 1. The fourth-order valence-electron chi connectivity index (χ4n) is 4.46. The van der Waals surface area contributed by atoms with Crippen molar-refractivity contribution in [1.82, 2.24) is 5.32 Å². The maximum absolute atomic E-state index is 12.9. The summed E-state index contributed by atoms with van der Waals surface area (Å²) in [6, 6.07) is 6.17. The van der Waals surface area contributed by atoms with Gasteiger partial charge >= 0.3 is 0 Å². The zero-order valence-corrected chi connectivity index (χ0v) is 15.4. The van der Waals surface area contributed by atoms with Crippen LogP contribution in [0.25, 0.3) is 0 Å². The first-order valence-corrected chi connectivity index (χ1v) is 9.74. The number of rotatable bonds is 2. The van der Waals surface area contributed by atoms with Crippen LogP contribution in [-0.2, 0) is 14.3 Å². The standard InChI is InChI=1S/C21H27NO4/c1-14-2-7-19-17(12-14)18(13-21(26-19)8-10-25-11-9-21)22-20(24)15-3-5-16(23)6-4-15/h2,7,12,15,18H,3-6,8-11,13H2,1H3,(H,22,24)/t18-/m1/s1. The second kappa shape index (κ2) is 7.03. The molecule has 1 spiro atoms. The molecule has 1 aromatic carbocycles. The molecule has 1 saturated carbocycles. The zero-order valence-electron chi connectivity index (χ0n) is 15.4. The first-order chi connectivity index (χ1) is 12.5. The smallest absolute Gasteiger partial charge is 0.223 e. The molecule has 140 valence electrons. The van der Waals surface area contributed by atoms with Crippen LogP contribution in [0.1, 0.15) is 62.1 Å². The topological polar surface area (TPSA) is 64.6 Å². The summed E-state index contributed by atoms with van der Waals surface area (Å²) in [4.78, 5) is 24.3. The quantitative estimate of drug-likeness (QED) is 0.882. The normalized spacial score (nSPS) is 25.4. The minimum Gasteiger partial charge on any atom is -0.487 e. The Balaban J connectivity index is 1.56. The highest BCUT2D eigenvalue weighted by Crippen LogP contribution is 2.44. The highest BCUT2D eigenvalue weighted by molar-refractivity contribution is 5.84. The fraction of sp³-hybridized carbons (Fsp3) is 0.619. The summed E-state index contributed by atoms with van der Waals surface area (Å²) >= 11 is 0. The predicted octanol–water partition coefficient (Wildman–Crippen LogP) is 3.24. The Labute approximate surface area is 154 Å². The predicted molar refractivity (Wildman–Crippen MR) is 97.1 cm³/mol. The van der Waals surface area contributed by atoms with Gasteiger partial charge in [-0.25, -0.2) is 0 Å². The van der Waals surface area contributed by atoms with E-state index >= 15 is 0 Å². The molecule has 1 saturated heterocycles. The molecular formula is C21H27NO4. The molecule has 1 aliphatic carbocycles. The van der Waals surface area contributed by atoms with Crippen molar-refractivity contribution in [3.05, 3.63) is 29.3 Å². The van der Waals surface area contributed by atoms with Crippen molar-refractivity contribution < 1.29 is 19.1 Å². The number of fused-ring (bicyclic) bond motifs is 1. The van der Waals surface area contributed by atoms with E-state index in [0.717, 1.165) is 36.1 Å². The lowest BCUT2D eigenvalue weighted by Gasteiger charge is -2.44. The van der Waals surface area contributed by atoms with Gasteiger partial charge in [0.25, 0.3) is 0 Å². The van der Waals surface area contributed by atoms with Gasteiger partial charge in [0.2, 0.25) is 5.91 Å². The van der Waals surface area contributed by atoms with Crippen LogP contribution in [0.5, 0.6) is 5.75 Å². The second-order valence-corrected chi connectivity index (χ2v) is 8.02. The SMILES string of the molecule is Cc1ccc2c(c1)[C@H](NC(=O)C1CCC(=O)CC1)CC1(CCOCC1)O2. The third kappa shape index (κ3) is 3.50. The van der Waals surface area contributed by atoms with E-state index in [1.54, 1.807) is 0 Å². The van der Waals surface area contributed by atoms with Crippen molar-refractivity contribution in [2.24, 2.45) is 5.92 Å². The molecular weight excluding hydrogens is 330 g/mol. The van der Waals surface area contributed by atoms with Crippen molar-refractivity contribution in [2.75, 3.05) is 13.2 Å². The van der Waals surface area contributed by atoms with Gasteiger partial charge < -0.3 is 14.8 Å². The van der Waals surface area contributed by atoms with Crippen molar-refractivity contribution in [3.8, 4) is 5.75 Å². The van der Waals surface area contributed by atoms with E-state index in [1.807, 2.05) is 6.07 Å². The van der Waals surface area contributed by atoms with Gasteiger partial charge in [0, 0.05) is 43.6 Å². The second-order valence-electron chi connectivity index (χ2n) is 8.02. The number of hydrogen-bond acceptors (Lipinski definition) is 4. The fourth-order valence-corrected chi connectivity index (χ4v) is 4.46. The van der Waals surface area contributed by atoms with Crippen LogP contribution in [0.4, 0.5) is 0 Å². The lowest BCUT2D eigenvalue weighted by Crippen LogP contribution is -2.49. The molecule has 1 N–H and O–H groups in total. The maximum Gasteiger partial charge on any atom is 0.223 e. The van der Waals surface area contributed by atoms with E-state index in [-0.39, 0.29) is 29.3 Å². The van der Waals surface area contributed by atoms with Crippen LogP contribution in [-0.4, -0.2) is 30.5 Å². The van der Waals surface area contributed by atoms with E-state index in [4.69, 9.17) is 9.47 Å². The maximum atomic E-state index is 12.9. The van der Waals surface area contributed by atoms with Gasteiger partial charge in [-0.2, -0.15) is 0 Å². The highest BCUT2D eigenvalue weighted by atomic mass is 16.5. The van der Waals surface area contributed by atoms with Gasteiger partial charge in [-0.05, 0) is 25.8 Å². The van der Waals surface area contributed by atoms with Gasteiger partial charge in [-0.3, -0.25) is 9.59 Å². The Morgan fingerprint density at radius 2 is 1.92 bits per heavy atom. The average molecular weight is 357 g/mol. The largest absolute Gasteiger partial charge is 0.487 e. The summed E-state index contributed by atoms with van der Waals surface area (Å²) in [5, 5.41) is 3.29. The molecule has 5 heteroatoms. The molecule has 5 nitrogen and oxygen atoms in total. The number of ketones is 1. The third-order valence-corrected chi connectivity index (χ3v) is 6.08. The van der Waals surface area contributed by atoms with Gasteiger partial charge in [0.1, 0.15) is 17.1 Å². The van der Waals surface area contributed by atoms with Crippen LogP contribution in [0.15, 0.2) is 18.2 Å². The molecule has 0 aromatic heterocycles. The minimum absolute atomic E-state index is 0.0399. The molecule has 2 aliphatic heterocycles. The molecule has 0 unspecified atom stereocenters. The molecule has 2 fully saturated rings. The van der Waals surface area contributed by atoms with E-state index in [2.05, 4.69) is 24.4 Å². The Morgan fingerprint density at radius 1 is 1.19 bits per heavy atom. The summed E-state index contributed by atoms with van der Waals surface area (Å²) in [5.74, 6) is 1.20. The number of carbonyl (C=O) groups excluding carboxylic acids is 2. The van der Waals surface area contributed by atoms with Crippen LogP contribution in [0, 0.1) is 12.8 Å². The summed E-state index contributed by atoms with van der Waals surface area (Å²) in [6.07, 6.45) is 4.90. The molecule has 2 heterocycles. The van der Waals surface area contributed by atoms with Crippen molar-refractivity contribution in [2.45, 2.75) is 63.5 Å². The molecule has 3 aliphatic rings. The Morgan fingerprint density at radius 3 is 2.65 bits per heavy atom. The minimum atomic E-state index is -0.249. The summed E-state index contributed by atoms with van der Waals surface area (Å²) < 4.78 is 11.9. The van der Waals surface area contributed by atoms with E-state index in [9.17, 15) is 9.59 Å². The Kier molecular flexibility index (Phi) is 4.74. The number of nitrogens with one attached hydrogen (secondary N) is 1. The molecule has 0 radical (unpaired) electrons. The van der Waals surface area contributed by atoms with Crippen molar-refractivity contribution in [1.29, 1.82) is 0 Å². The zero-order chi connectivity index (χ0) is 18.1. The van der Waals surface area contributed by atoms with Crippen molar-refractivity contribution >= 4 is 11.7 Å². The van der Waals surface area contributed by atoms with Crippen molar-refractivity contribution in [3.63, 3.8) is 0 Å². The van der Waals surface area contributed by atoms with Crippen LogP contribution in [0.3, 0.4) is 0 Å². The molecule has 1 amide bonds. The van der Waals surface area contributed by atoms with Gasteiger partial charge in [0.05, 0.1) is 19.3 Å². The summed E-state index contributed by atoms with van der Waals surface area (Å²) in [6.45, 7) is 3.46. The van der Waals surface area contributed by atoms with Crippen LogP contribution < -0.4 is 10.1 Å². The molecule has 4 rings (SSSR count). The summed E-state index contributed by atoms with van der Waals surface area (Å²) in [7, 11) is 0.